The molecular formula is C17H17N3O3. The van der Waals surface area contributed by atoms with Crippen LogP contribution in [-0.2, 0) is 4.79 Å². The van der Waals surface area contributed by atoms with Crippen molar-refractivity contribution < 1.29 is 14.7 Å². The van der Waals surface area contributed by atoms with E-state index in [1.54, 1.807) is 24.3 Å². The highest BCUT2D eigenvalue weighted by atomic mass is 16.3. The molecule has 118 valence electrons. The summed E-state index contributed by atoms with van der Waals surface area (Å²) in [6.07, 6.45) is 1.42. The van der Waals surface area contributed by atoms with Gasteiger partial charge in [0.2, 0.25) is 0 Å². The highest BCUT2D eigenvalue weighted by Crippen LogP contribution is 2.16. The monoisotopic (exact) mass is 311 g/mol. The molecule has 0 saturated heterocycles. The minimum atomic E-state index is -0.272. The number of nitrogens with two attached hydrogens (primary N) is 1. The van der Waals surface area contributed by atoms with Crippen molar-refractivity contribution >= 4 is 23.1 Å². The normalized spacial score (nSPS) is 10.9. The van der Waals surface area contributed by atoms with Gasteiger partial charge in [-0.15, -0.1) is 0 Å². The molecule has 2 rings (SSSR count). The fourth-order valence-electron chi connectivity index (χ4n) is 1.73. The summed E-state index contributed by atoms with van der Waals surface area (Å²) in [4.78, 5) is 23.0. The summed E-state index contributed by atoms with van der Waals surface area (Å²) in [5, 5.41) is 14.9. The molecule has 0 spiro atoms. The maximum atomic E-state index is 12.0. The molecule has 0 unspecified atom stereocenters. The van der Waals surface area contributed by atoms with E-state index in [4.69, 9.17) is 5.73 Å². The number of allylic oxidation sites excluding steroid dienone is 1. The van der Waals surface area contributed by atoms with Gasteiger partial charge in [-0.25, -0.2) is 0 Å². The molecule has 0 bridgehead atoms. The zero-order valence-corrected chi connectivity index (χ0v) is 12.5. The second kappa shape index (κ2) is 7.13. The smallest absolute Gasteiger partial charge is 0.255 e. The van der Waals surface area contributed by atoms with Gasteiger partial charge < -0.3 is 21.5 Å². The lowest BCUT2D eigenvalue weighted by Crippen LogP contribution is -2.11. The topological polar surface area (TPSA) is 104 Å². The van der Waals surface area contributed by atoms with E-state index in [0.717, 1.165) is 5.69 Å². The third-order valence-electron chi connectivity index (χ3n) is 3.07. The third kappa shape index (κ3) is 4.60. The van der Waals surface area contributed by atoms with E-state index < -0.39 is 0 Å². The van der Waals surface area contributed by atoms with Gasteiger partial charge in [-0.2, -0.15) is 0 Å². The molecule has 0 aliphatic rings. The molecule has 0 heterocycles. The van der Waals surface area contributed by atoms with Crippen LogP contribution in [0.15, 0.2) is 60.4 Å². The van der Waals surface area contributed by atoms with Crippen LogP contribution in [0.3, 0.4) is 0 Å². The number of benzene rings is 2. The van der Waals surface area contributed by atoms with Gasteiger partial charge in [0.15, 0.2) is 5.78 Å². The highest BCUT2D eigenvalue weighted by molar-refractivity contribution is 6.04. The molecule has 0 aromatic heterocycles. The average Bonchev–Trinajstić information content (AvgIpc) is 2.54. The minimum Gasteiger partial charge on any atom is -0.508 e. The fraction of sp³-hybridized carbons (Fsp3) is 0.0588. The Balaban J connectivity index is 1.99. The Morgan fingerprint density at radius 1 is 1.00 bits per heavy atom. The molecule has 0 fully saturated rings. The van der Waals surface area contributed by atoms with Gasteiger partial charge >= 0.3 is 0 Å². The maximum absolute atomic E-state index is 12.0. The Bertz CT molecular complexity index is 735. The molecule has 6 nitrogen and oxygen atoms in total. The molecule has 0 radical (unpaired) electrons. The number of ketones is 1. The number of Topliss-reactive ketones (excluding diaryl/α,β-unsaturated/α-hetero) is 1. The van der Waals surface area contributed by atoms with Crippen LogP contribution in [0.1, 0.15) is 17.3 Å². The van der Waals surface area contributed by atoms with Crippen molar-refractivity contribution in [1.29, 1.82) is 0 Å². The number of carbonyl (C=O) groups is 2. The van der Waals surface area contributed by atoms with Crippen LogP contribution in [0.25, 0.3) is 0 Å². The molecule has 0 atom stereocenters. The number of carbonyl (C=O) groups excluding carboxylic acids is 2. The van der Waals surface area contributed by atoms with Gasteiger partial charge in [0.05, 0.1) is 5.70 Å². The minimum absolute atomic E-state index is 0.106. The summed E-state index contributed by atoms with van der Waals surface area (Å²) in [5.74, 6) is -0.378. The number of aromatic hydroxyl groups is 1. The molecule has 0 saturated carbocycles. The van der Waals surface area contributed by atoms with E-state index in [0.29, 0.717) is 11.3 Å². The number of anilines is 2. The van der Waals surface area contributed by atoms with Crippen molar-refractivity contribution in [3.63, 3.8) is 0 Å². The summed E-state index contributed by atoms with van der Waals surface area (Å²) in [5.41, 5.74) is 7.45. The first kappa shape index (κ1) is 16.1. The number of hydrogen-bond donors (Lipinski definition) is 4. The Morgan fingerprint density at radius 3 is 2.13 bits per heavy atom. The molecular weight excluding hydrogens is 294 g/mol. The Labute approximate surface area is 133 Å². The zero-order chi connectivity index (χ0) is 16.8. The van der Waals surface area contributed by atoms with E-state index in [1.165, 1.54) is 37.4 Å². The van der Waals surface area contributed by atoms with Crippen LogP contribution >= 0.6 is 0 Å². The van der Waals surface area contributed by atoms with Crippen molar-refractivity contribution in [3.05, 3.63) is 66.0 Å². The molecule has 1 amide bonds. The van der Waals surface area contributed by atoms with Crippen molar-refractivity contribution in [1.82, 2.24) is 0 Å². The second-order valence-corrected chi connectivity index (χ2v) is 4.88. The van der Waals surface area contributed by atoms with E-state index in [9.17, 15) is 14.7 Å². The first-order valence-corrected chi connectivity index (χ1v) is 6.89. The highest BCUT2D eigenvalue weighted by Gasteiger charge is 2.05. The number of phenols is 1. The van der Waals surface area contributed by atoms with E-state index in [-0.39, 0.29) is 23.1 Å². The van der Waals surface area contributed by atoms with Crippen molar-refractivity contribution in [2.24, 2.45) is 5.73 Å². The molecule has 2 aromatic carbocycles. The van der Waals surface area contributed by atoms with Crippen LogP contribution in [0.5, 0.6) is 5.75 Å². The summed E-state index contributed by atoms with van der Waals surface area (Å²) in [6.45, 7) is 1.38. The predicted molar refractivity (Wildman–Crippen MR) is 89.1 cm³/mol. The Morgan fingerprint density at radius 2 is 1.57 bits per heavy atom. The van der Waals surface area contributed by atoms with Gasteiger partial charge in [-0.1, -0.05) is 0 Å². The summed E-state index contributed by atoms with van der Waals surface area (Å²) in [7, 11) is 0. The number of nitrogens with one attached hydrogen (secondary N) is 2. The molecule has 0 aliphatic heterocycles. The summed E-state index contributed by atoms with van der Waals surface area (Å²) >= 11 is 0. The number of hydrogen-bond acceptors (Lipinski definition) is 5. The van der Waals surface area contributed by atoms with Crippen LogP contribution in [0.2, 0.25) is 0 Å². The van der Waals surface area contributed by atoms with Crippen molar-refractivity contribution in [2.75, 3.05) is 10.6 Å². The van der Waals surface area contributed by atoms with Crippen LogP contribution < -0.4 is 16.4 Å². The lowest BCUT2D eigenvalue weighted by molar-refractivity contribution is -0.113. The van der Waals surface area contributed by atoms with E-state index in [2.05, 4.69) is 10.6 Å². The predicted octanol–water partition coefficient (Wildman–Crippen LogP) is 2.45. The maximum Gasteiger partial charge on any atom is 0.255 e. The van der Waals surface area contributed by atoms with Gasteiger partial charge in [-0.3, -0.25) is 9.59 Å². The van der Waals surface area contributed by atoms with Gasteiger partial charge in [0.25, 0.3) is 5.91 Å². The molecule has 6 heteroatoms. The van der Waals surface area contributed by atoms with Gasteiger partial charge in [-0.05, 0) is 48.5 Å². The standard InChI is InChI=1S/C17H17N3O3/c1-11(21)16(18)10-19-13-4-6-14(7-5-13)20-17(23)12-2-8-15(22)9-3-12/h2-10,19,22H,18H2,1H3,(H,20,23)/b16-10-. The SMILES string of the molecule is CC(=O)/C(N)=C/Nc1ccc(NC(=O)c2ccc(O)cc2)cc1. The van der Waals surface area contributed by atoms with Crippen LogP contribution in [0.4, 0.5) is 11.4 Å². The first-order chi connectivity index (χ1) is 11.0. The van der Waals surface area contributed by atoms with Crippen LogP contribution in [-0.4, -0.2) is 16.8 Å². The molecule has 0 aliphatic carbocycles. The van der Waals surface area contributed by atoms with Crippen molar-refractivity contribution in [2.45, 2.75) is 6.92 Å². The Hall–Kier alpha value is -3.28. The molecule has 5 N–H and O–H groups in total. The number of phenolic OH excluding ortho intramolecular Hbond substituents is 1. The zero-order valence-electron chi connectivity index (χ0n) is 12.5. The lowest BCUT2D eigenvalue weighted by Gasteiger charge is -2.07. The fourth-order valence-corrected chi connectivity index (χ4v) is 1.73. The largest absolute Gasteiger partial charge is 0.508 e. The summed E-state index contributed by atoms with van der Waals surface area (Å²) in [6, 6.07) is 12.9. The molecule has 23 heavy (non-hydrogen) atoms. The third-order valence-corrected chi connectivity index (χ3v) is 3.07. The van der Waals surface area contributed by atoms with Crippen LogP contribution in [0, 0.1) is 0 Å². The second-order valence-electron chi connectivity index (χ2n) is 4.88. The van der Waals surface area contributed by atoms with Gasteiger partial charge in [0, 0.05) is 30.1 Å². The first-order valence-electron chi connectivity index (χ1n) is 6.89. The Kier molecular flexibility index (Phi) is 4.99. The van der Waals surface area contributed by atoms with Gasteiger partial charge in [0.1, 0.15) is 5.75 Å². The number of rotatable bonds is 5. The summed E-state index contributed by atoms with van der Waals surface area (Å²) < 4.78 is 0. The lowest BCUT2D eigenvalue weighted by atomic mass is 10.2. The average molecular weight is 311 g/mol. The van der Waals surface area contributed by atoms with E-state index >= 15 is 0 Å². The molecule has 2 aromatic rings. The van der Waals surface area contributed by atoms with Crippen molar-refractivity contribution in [3.8, 4) is 5.75 Å². The van der Waals surface area contributed by atoms with E-state index in [1.807, 2.05) is 0 Å². The number of amides is 1. The quantitative estimate of drug-likeness (QED) is 0.635.